The molecular weight excluding hydrogens is 154 g/mol. The maximum absolute atomic E-state index is 10.7. The third kappa shape index (κ3) is 6.16. The number of hydrogen-bond acceptors (Lipinski definition) is 3. The van der Waals surface area contributed by atoms with Crippen LogP contribution in [0.15, 0.2) is 0 Å². The van der Waals surface area contributed by atoms with Gasteiger partial charge in [0.25, 0.3) is 0 Å². The Labute approximate surface area is 74.3 Å². The number of ether oxygens (including phenoxy) is 1. The summed E-state index contributed by atoms with van der Waals surface area (Å²) in [6.45, 7) is 2.11. The van der Waals surface area contributed by atoms with Crippen LogP contribution in [0.4, 0.5) is 0 Å². The lowest BCUT2D eigenvalue weighted by molar-refractivity contribution is -0.140. The first-order chi connectivity index (χ1) is 5.70. The van der Waals surface area contributed by atoms with Crippen molar-refractivity contribution in [3.05, 3.63) is 0 Å². The van der Waals surface area contributed by atoms with Crippen LogP contribution in [0.25, 0.3) is 0 Å². The molecule has 3 nitrogen and oxygen atoms in total. The van der Waals surface area contributed by atoms with Gasteiger partial charge in [-0.3, -0.25) is 4.79 Å². The number of carbonyl (C=O) groups is 1. The smallest absolute Gasteiger partial charge is 0.305 e. The lowest BCUT2D eigenvalue weighted by Crippen LogP contribution is -2.19. The molecule has 0 bridgehead atoms. The van der Waals surface area contributed by atoms with Crippen molar-refractivity contribution in [2.75, 3.05) is 7.11 Å². The highest BCUT2D eigenvalue weighted by Crippen LogP contribution is 2.04. The number of carbonyl (C=O) groups excluding carboxylic acids is 1. The van der Waals surface area contributed by atoms with Crippen molar-refractivity contribution >= 4 is 5.97 Å². The fourth-order valence-corrected chi connectivity index (χ4v) is 1.13. The summed E-state index contributed by atoms with van der Waals surface area (Å²) >= 11 is 0. The number of esters is 1. The number of nitrogens with two attached hydrogens (primary N) is 1. The highest BCUT2D eigenvalue weighted by Gasteiger charge is 2.03. The first-order valence-electron chi connectivity index (χ1n) is 4.53. The van der Waals surface area contributed by atoms with E-state index < -0.39 is 0 Å². The molecule has 0 aromatic rings. The zero-order valence-corrected chi connectivity index (χ0v) is 8.01. The van der Waals surface area contributed by atoms with Crippen LogP contribution in [0.5, 0.6) is 0 Å². The van der Waals surface area contributed by atoms with Crippen LogP contribution in [-0.2, 0) is 9.53 Å². The van der Waals surface area contributed by atoms with Crippen molar-refractivity contribution < 1.29 is 9.53 Å². The Bertz CT molecular complexity index is 126. The normalized spacial score (nSPS) is 12.6. The van der Waals surface area contributed by atoms with Gasteiger partial charge in [0.15, 0.2) is 0 Å². The third-order valence-electron chi connectivity index (χ3n) is 1.84. The molecule has 12 heavy (non-hydrogen) atoms. The number of hydrogen-bond donors (Lipinski definition) is 1. The molecule has 0 heterocycles. The van der Waals surface area contributed by atoms with E-state index in [9.17, 15) is 4.79 Å². The Morgan fingerprint density at radius 2 is 2.17 bits per heavy atom. The maximum Gasteiger partial charge on any atom is 0.305 e. The summed E-state index contributed by atoms with van der Waals surface area (Å²) in [4.78, 5) is 10.7. The summed E-state index contributed by atoms with van der Waals surface area (Å²) in [5.41, 5.74) is 5.76. The second-order valence-corrected chi connectivity index (χ2v) is 3.02. The average Bonchev–Trinajstić information content (AvgIpc) is 2.04. The number of methoxy groups -OCH3 is 1. The van der Waals surface area contributed by atoms with E-state index in [1.54, 1.807) is 0 Å². The summed E-state index contributed by atoms with van der Waals surface area (Å²) in [6, 6.07) is 0.250. The van der Waals surface area contributed by atoms with Gasteiger partial charge in [0.1, 0.15) is 0 Å². The molecule has 0 aliphatic rings. The Hall–Kier alpha value is -0.570. The van der Waals surface area contributed by atoms with Crippen LogP contribution in [-0.4, -0.2) is 19.1 Å². The van der Waals surface area contributed by atoms with Crippen LogP contribution in [0.3, 0.4) is 0 Å². The quantitative estimate of drug-likeness (QED) is 0.619. The van der Waals surface area contributed by atoms with Crippen LogP contribution in [0.1, 0.15) is 39.0 Å². The van der Waals surface area contributed by atoms with E-state index in [4.69, 9.17) is 5.73 Å². The molecule has 0 saturated heterocycles. The maximum atomic E-state index is 10.7. The van der Waals surface area contributed by atoms with Gasteiger partial charge in [-0.1, -0.05) is 13.3 Å². The van der Waals surface area contributed by atoms with Crippen molar-refractivity contribution in [2.45, 2.75) is 45.1 Å². The summed E-state index contributed by atoms with van der Waals surface area (Å²) in [5.74, 6) is -0.140. The fourth-order valence-electron chi connectivity index (χ4n) is 1.13. The highest BCUT2D eigenvalue weighted by molar-refractivity contribution is 5.68. The molecule has 1 atom stereocenters. The van der Waals surface area contributed by atoms with E-state index in [1.807, 2.05) is 0 Å². The SMILES string of the molecule is CCCC(N)CCCC(=O)OC. The second kappa shape index (κ2) is 7.10. The molecule has 0 radical (unpaired) electrons. The predicted molar refractivity (Wildman–Crippen MR) is 48.8 cm³/mol. The van der Waals surface area contributed by atoms with E-state index in [-0.39, 0.29) is 12.0 Å². The van der Waals surface area contributed by atoms with E-state index >= 15 is 0 Å². The van der Waals surface area contributed by atoms with Crippen LogP contribution >= 0.6 is 0 Å². The van der Waals surface area contributed by atoms with Crippen LogP contribution in [0.2, 0.25) is 0 Å². The van der Waals surface area contributed by atoms with Gasteiger partial charge in [0.2, 0.25) is 0 Å². The van der Waals surface area contributed by atoms with Gasteiger partial charge in [-0.05, 0) is 19.3 Å². The van der Waals surface area contributed by atoms with Crippen molar-refractivity contribution in [3.8, 4) is 0 Å². The Morgan fingerprint density at radius 3 is 2.67 bits per heavy atom. The van der Waals surface area contributed by atoms with Gasteiger partial charge in [-0.15, -0.1) is 0 Å². The Kier molecular flexibility index (Phi) is 6.76. The molecule has 0 spiro atoms. The van der Waals surface area contributed by atoms with Gasteiger partial charge in [-0.2, -0.15) is 0 Å². The summed E-state index contributed by atoms with van der Waals surface area (Å²) in [5, 5.41) is 0. The molecule has 0 aliphatic carbocycles. The van der Waals surface area contributed by atoms with E-state index in [2.05, 4.69) is 11.7 Å². The predicted octanol–water partition coefficient (Wildman–Crippen LogP) is 1.46. The summed E-state index contributed by atoms with van der Waals surface area (Å²) < 4.78 is 4.51. The molecule has 3 heteroatoms. The minimum absolute atomic E-state index is 0.140. The van der Waals surface area contributed by atoms with Crippen molar-refractivity contribution in [1.82, 2.24) is 0 Å². The number of rotatable bonds is 6. The molecular formula is C9H19NO2. The molecule has 0 aliphatic heterocycles. The van der Waals surface area contributed by atoms with Gasteiger partial charge in [-0.25, -0.2) is 0 Å². The first-order valence-corrected chi connectivity index (χ1v) is 4.53. The largest absolute Gasteiger partial charge is 0.469 e. The highest BCUT2D eigenvalue weighted by atomic mass is 16.5. The minimum atomic E-state index is -0.140. The summed E-state index contributed by atoms with van der Waals surface area (Å²) in [6.07, 6.45) is 4.41. The molecule has 0 aromatic carbocycles. The monoisotopic (exact) mass is 173 g/mol. The molecule has 0 aromatic heterocycles. The van der Waals surface area contributed by atoms with Gasteiger partial charge < -0.3 is 10.5 Å². The molecule has 0 rings (SSSR count). The molecule has 0 amide bonds. The lowest BCUT2D eigenvalue weighted by atomic mass is 10.1. The van der Waals surface area contributed by atoms with Crippen LogP contribution < -0.4 is 5.73 Å². The molecule has 72 valence electrons. The molecule has 0 fully saturated rings. The van der Waals surface area contributed by atoms with Crippen LogP contribution in [0, 0.1) is 0 Å². The molecule has 0 saturated carbocycles. The first kappa shape index (κ1) is 11.4. The third-order valence-corrected chi connectivity index (χ3v) is 1.84. The van der Waals surface area contributed by atoms with Crippen molar-refractivity contribution in [2.24, 2.45) is 5.73 Å². The fraction of sp³-hybridized carbons (Fsp3) is 0.889. The van der Waals surface area contributed by atoms with Crippen molar-refractivity contribution in [1.29, 1.82) is 0 Å². The van der Waals surface area contributed by atoms with Gasteiger partial charge in [0, 0.05) is 12.5 Å². The Morgan fingerprint density at radius 1 is 1.50 bits per heavy atom. The standard InChI is InChI=1S/C9H19NO2/c1-3-5-8(10)6-4-7-9(11)12-2/h8H,3-7,10H2,1-2H3. The zero-order valence-electron chi connectivity index (χ0n) is 8.01. The second-order valence-electron chi connectivity index (χ2n) is 3.02. The summed E-state index contributed by atoms with van der Waals surface area (Å²) in [7, 11) is 1.41. The topological polar surface area (TPSA) is 52.3 Å². The minimum Gasteiger partial charge on any atom is -0.469 e. The Balaban J connectivity index is 3.24. The van der Waals surface area contributed by atoms with E-state index in [1.165, 1.54) is 7.11 Å². The van der Waals surface area contributed by atoms with Crippen molar-refractivity contribution in [3.63, 3.8) is 0 Å². The van der Waals surface area contributed by atoms with E-state index in [0.29, 0.717) is 6.42 Å². The average molecular weight is 173 g/mol. The van der Waals surface area contributed by atoms with Gasteiger partial charge >= 0.3 is 5.97 Å². The van der Waals surface area contributed by atoms with E-state index in [0.717, 1.165) is 25.7 Å². The molecule has 2 N–H and O–H groups in total. The van der Waals surface area contributed by atoms with Gasteiger partial charge in [0.05, 0.1) is 7.11 Å². The molecule has 1 unspecified atom stereocenters. The zero-order chi connectivity index (χ0) is 9.40. The lowest BCUT2D eigenvalue weighted by Gasteiger charge is -2.08.